The van der Waals surface area contributed by atoms with Crippen LogP contribution in [0.15, 0.2) is 4.99 Å². The summed E-state index contributed by atoms with van der Waals surface area (Å²) in [6, 6.07) is 0. The van der Waals surface area contributed by atoms with Crippen molar-refractivity contribution < 1.29 is 4.74 Å². The number of nitrogens with one attached hydrogen (secondary N) is 1. The van der Waals surface area contributed by atoms with E-state index in [0.29, 0.717) is 5.41 Å². The molecule has 2 rings (SSSR count). The Morgan fingerprint density at radius 2 is 1.92 bits per heavy atom. The summed E-state index contributed by atoms with van der Waals surface area (Å²) in [5, 5.41) is 3.48. The molecule has 0 aromatic rings. The summed E-state index contributed by atoms with van der Waals surface area (Å²) >= 11 is 0. The topological polar surface area (TPSA) is 36.9 Å². The van der Waals surface area contributed by atoms with Crippen molar-refractivity contribution >= 4 is 29.9 Å². The summed E-state index contributed by atoms with van der Waals surface area (Å²) in [5.74, 6) is 2.85. The minimum atomic E-state index is 0. The first-order valence-electron chi connectivity index (χ1n) is 9.57. The van der Waals surface area contributed by atoms with E-state index in [2.05, 4.69) is 31.1 Å². The molecule has 2 aliphatic rings. The molecule has 0 spiro atoms. The van der Waals surface area contributed by atoms with E-state index in [1.54, 1.807) is 7.11 Å². The summed E-state index contributed by atoms with van der Waals surface area (Å²) in [7, 11) is 4.00. The van der Waals surface area contributed by atoms with E-state index in [4.69, 9.17) is 9.73 Å². The molecule has 2 saturated carbocycles. The molecule has 5 heteroatoms. The zero-order valence-electron chi connectivity index (χ0n) is 16.1. The van der Waals surface area contributed by atoms with Gasteiger partial charge in [-0.25, -0.2) is 0 Å². The maximum absolute atomic E-state index is 5.25. The second-order valence-electron chi connectivity index (χ2n) is 7.92. The van der Waals surface area contributed by atoms with Gasteiger partial charge in [-0.2, -0.15) is 0 Å². The van der Waals surface area contributed by atoms with Crippen molar-refractivity contribution in [1.29, 1.82) is 0 Å². The molecule has 142 valence electrons. The van der Waals surface area contributed by atoms with Crippen LogP contribution in [0.1, 0.15) is 58.8 Å². The predicted molar refractivity (Wildman–Crippen MR) is 113 cm³/mol. The predicted octanol–water partition coefficient (Wildman–Crippen LogP) is 4.14. The molecule has 0 aromatic carbocycles. The van der Waals surface area contributed by atoms with Gasteiger partial charge >= 0.3 is 0 Å². The van der Waals surface area contributed by atoms with Crippen LogP contribution in [0.2, 0.25) is 0 Å². The molecule has 0 aromatic heterocycles. The number of hydrogen-bond acceptors (Lipinski definition) is 2. The SMILES string of the molecule is CCNC(=NCC1(CCOC)CC1)N(C)CC1CCC(C)CC1.I. The quantitative estimate of drug-likeness (QED) is 0.342. The summed E-state index contributed by atoms with van der Waals surface area (Å²) in [4.78, 5) is 7.31. The third-order valence-electron chi connectivity index (χ3n) is 5.72. The molecule has 0 aliphatic heterocycles. The Bertz CT molecular complexity index is 377. The number of nitrogens with zero attached hydrogens (tertiary/aromatic N) is 2. The van der Waals surface area contributed by atoms with Crippen molar-refractivity contribution in [2.24, 2.45) is 22.2 Å². The van der Waals surface area contributed by atoms with Crippen molar-refractivity contribution in [2.45, 2.75) is 58.8 Å². The Hall–Kier alpha value is -0.0400. The summed E-state index contributed by atoms with van der Waals surface area (Å²) in [5.41, 5.74) is 0.428. The van der Waals surface area contributed by atoms with Crippen molar-refractivity contribution in [3.8, 4) is 0 Å². The highest BCUT2D eigenvalue weighted by atomic mass is 127. The van der Waals surface area contributed by atoms with Crippen LogP contribution in [0, 0.1) is 17.3 Å². The number of hydrogen-bond donors (Lipinski definition) is 1. The first-order valence-corrected chi connectivity index (χ1v) is 9.57. The molecule has 0 bridgehead atoms. The lowest BCUT2D eigenvalue weighted by Gasteiger charge is -2.31. The van der Waals surface area contributed by atoms with Crippen LogP contribution in [0.4, 0.5) is 0 Å². The summed E-state index contributed by atoms with van der Waals surface area (Å²) < 4.78 is 5.25. The van der Waals surface area contributed by atoms with Crippen LogP contribution < -0.4 is 5.32 Å². The summed E-state index contributed by atoms with van der Waals surface area (Å²) in [6.07, 6.45) is 9.31. The lowest BCUT2D eigenvalue weighted by Crippen LogP contribution is -2.42. The van der Waals surface area contributed by atoms with Crippen LogP contribution >= 0.6 is 24.0 Å². The zero-order valence-corrected chi connectivity index (χ0v) is 18.5. The average Bonchev–Trinajstić information content (AvgIpc) is 3.32. The minimum absolute atomic E-state index is 0. The van der Waals surface area contributed by atoms with E-state index < -0.39 is 0 Å². The maximum Gasteiger partial charge on any atom is 0.193 e. The van der Waals surface area contributed by atoms with Gasteiger partial charge in [-0.05, 0) is 56.3 Å². The number of rotatable bonds is 8. The van der Waals surface area contributed by atoms with Crippen LogP contribution in [0.3, 0.4) is 0 Å². The molecule has 0 heterocycles. The van der Waals surface area contributed by atoms with E-state index in [1.165, 1.54) is 38.5 Å². The van der Waals surface area contributed by atoms with Gasteiger partial charge in [0.05, 0.1) is 0 Å². The number of ether oxygens (including phenoxy) is 1. The van der Waals surface area contributed by atoms with Gasteiger partial charge in [0.25, 0.3) is 0 Å². The van der Waals surface area contributed by atoms with Crippen molar-refractivity contribution in [3.63, 3.8) is 0 Å². The van der Waals surface area contributed by atoms with Gasteiger partial charge < -0.3 is 15.0 Å². The maximum atomic E-state index is 5.25. The Morgan fingerprint density at radius 1 is 1.25 bits per heavy atom. The highest BCUT2D eigenvalue weighted by molar-refractivity contribution is 14.0. The molecular weight excluding hydrogens is 413 g/mol. The number of guanidine groups is 1. The Morgan fingerprint density at radius 3 is 2.46 bits per heavy atom. The third kappa shape index (κ3) is 7.06. The van der Waals surface area contributed by atoms with Gasteiger partial charge in [-0.1, -0.05) is 19.8 Å². The number of methoxy groups -OCH3 is 1. The van der Waals surface area contributed by atoms with E-state index in [-0.39, 0.29) is 24.0 Å². The molecule has 24 heavy (non-hydrogen) atoms. The standard InChI is InChI=1S/C19H37N3O.HI/c1-5-20-18(21-15-19(10-11-19)12-13-23-4)22(3)14-17-8-6-16(2)7-9-17;/h16-17H,5-15H2,1-4H3,(H,20,21);1H. The molecule has 0 saturated heterocycles. The van der Waals surface area contributed by atoms with Gasteiger partial charge in [0.15, 0.2) is 5.96 Å². The lowest BCUT2D eigenvalue weighted by molar-refractivity contribution is 0.174. The molecule has 2 aliphatic carbocycles. The molecular formula is C19H38IN3O. The molecule has 1 N–H and O–H groups in total. The largest absolute Gasteiger partial charge is 0.385 e. The van der Waals surface area contributed by atoms with Crippen LogP contribution in [0.5, 0.6) is 0 Å². The highest BCUT2D eigenvalue weighted by Crippen LogP contribution is 2.49. The lowest BCUT2D eigenvalue weighted by atomic mass is 9.83. The van der Waals surface area contributed by atoms with Gasteiger partial charge in [-0.3, -0.25) is 4.99 Å². The second kappa shape index (κ2) is 10.8. The van der Waals surface area contributed by atoms with Crippen LogP contribution in [-0.2, 0) is 4.74 Å². The van der Waals surface area contributed by atoms with Gasteiger partial charge in [-0.15, -0.1) is 24.0 Å². The van der Waals surface area contributed by atoms with Crippen LogP contribution in [-0.4, -0.2) is 51.3 Å². The van der Waals surface area contributed by atoms with Crippen molar-refractivity contribution in [1.82, 2.24) is 10.2 Å². The Labute approximate surface area is 166 Å². The molecule has 0 radical (unpaired) electrons. The van der Waals surface area contributed by atoms with E-state index in [9.17, 15) is 0 Å². The second-order valence-corrected chi connectivity index (χ2v) is 7.92. The van der Waals surface area contributed by atoms with E-state index in [1.807, 2.05) is 0 Å². The zero-order chi connectivity index (χ0) is 16.7. The monoisotopic (exact) mass is 451 g/mol. The highest BCUT2D eigenvalue weighted by Gasteiger charge is 2.42. The fraction of sp³-hybridized carbons (Fsp3) is 0.947. The minimum Gasteiger partial charge on any atom is -0.385 e. The normalized spacial score (nSPS) is 25.8. The van der Waals surface area contributed by atoms with E-state index >= 15 is 0 Å². The smallest absolute Gasteiger partial charge is 0.193 e. The fourth-order valence-corrected chi connectivity index (χ4v) is 3.68. The fourth-order valence-electron chi connectivity index (χ4n) is 3.68. The van der Waals surface area contributed by atoms with Gasteiger partial charge in [0, 0.05) is 40.4 Å². The van der Waals surface area contributed by atoms with Crippen LogP contribution in [0.25, 0.3) is 0 Å². The summed E-state index contributed by atoms with van der Waals surface area (Å²) in [6.45, 7) is 8.44. The van der Waals surface area contributed by atoms with Crippen molar-refractivity contribution in [3.05, 3.63) is 0 Å². The number of halogens is 1. The molecule has 0 unspecified atom stereocenters. The Balaban J connectivity index is 0.00000288. The first kappa shape index (κ1) is 22.0. The number of aliphatic imine (C=N–C) groups is 1. The van der Waals surface area contributed by atoms with E-state index in [0.717, 1.165) is 50.5 Å². The molecule has 0 amide bonds. The van der Waals surface area contributed by atoms with Gasteiger partial charge in [0.2, 0.25) is 0 Å². The Kier molecular flexibility index (Phi) is 9.94. The van der Waals surface area contributed by atoms with Gasteiger partial charge in [0.1, 0.15) is 0 Å². The average molecular weight is 451 g/mol. The molecule has 2 fully saturated rings. The van der Waals surface area contributed by atoms with Crippen molar-refractivity contribution in [2.75, 3.05) is 40.4 Å². The molecule has 4 nitrogen and oxygen atoms in total. The molecule has 0 atom stereocenters. The third-order valence-corrected chi connectivity index (χ3v) is 5.72. The first-order chi connectivity index (χ1) is 11.1.